The number of H-pyrrole nitrogens is 1. The van der Waals surface area contributed by atoms with E-state index in [2.05, 4.69) is 10.2 Å². The van der Waals surface area contributed by atoms with Gasteiger partial charge in [0.15, 0.2) is 5.78 Å². The van der Waals surface area contributed by atoms with Crippen molar-refractivity contribution in [2.45, 2.75) is 32.6 Å². The van der Waals surface area contributed by atoms with E-state index in [9.17, 15) is 14.0 Å². The number of carbonyl (C=O) groups excluding carboxylic acids is 2. The average Bonchev–Trinajstić information content (AvgIpc) is 3.00. The third-order valence-electron chi connectivity index (χ3n) is 4.58. The van der Waals surface area contributed by atoms with Gasteiger partial charge in [-0.1, -0.05) is 18.9 Å². The zero-order valence-corrected chi connectivity index (χ0v) is 13.0. The standard InChI is InChI=1S/C18H19FN2O2/c1-11-8-17(21-20-11)12-6-7-15(16(19)9-12)18(23)14-5-3-2-4-13(14)10-22/h6-10,13-14H,2-5H2,1H3,(H,20,21). The van der Waals surface area contributed by atoms with Crippen molar-refractivity contribution in [2.24, 2.45) is 11.8 Å². The summed E-state index contributed by atoms with van der Waals surface area (Å²) in [6, 6.07) is 6.39. The number of halogens is 1. The van der Waals surface area contributed by atoms with Crippen molar-refractivity contribution in [1.82, 2.24) is 10.2 Å². The highest BCUT2D eigenvalue weighted by Crippen LogP contribution is 2.32. The number of benzene rings is 1. The monoisotopic (exact) mass is 314 g/mol. The zero-order chi connectivity index (χ0) is 16.4. The number of Topliss-reactive ketones (excluding diaryl/α,β-unsaturated/α-hetero) is 1. The Bertz CT molecular complexity index is 738. The molecule has 1 aromatic heterocycles. The number of aromatic nitrogens is 2. The van der Waals surface area contributed by atoms with Gasteiger partial charge in [-0.2, -0.15) is 5.10 Å². The van der Waals surface area contributed by atoms with Gasteiger partial charge in [-0.15, -0.1) is 0 Å². The number of carbonyl (C=O) groups is 2. The molecule has 2 aromatic rings. The highest BCUT2D eigenvalue weighted by Gasteiger charge is 2.32. The summed E-state index contributed by atoms with van der Waals surface area (Å²) < 4.78 is 14.4. The largest absolute Gasteiger partial charge is 0.303 e. The molecule has 0 amide bonds. The first kappa shape index (κ1) is 15.6. The van der Waals surface area contributed by atoms with Crippen molar-refractivity contribution in [3.8, 4) is 11.3 Å². The molecule has 1 saturated carbocycles. The lowest BCUT2D eigenvalue weighted by Gasteiger charge is -2.26. The van der Waals surface area contributed by atoms with Crippen molar-refractivity contribution in [3.05, 3.63) is 41.3 Å². The quantitative estimate of drug-likeness (QED) is 0.691. The fraction of sp³-hybridized carbons (Fsp3) is 0.389. The van der Waals surface area contributed by atoms with Gasteiger partial charge in [0.05, 0.1) is 17.0 Å². The van der Waals surface area contributed by atoms with E-state index in [1.807, 2.05) is 13.0 Å². The van der Waals surface area contributed by atoms with Gasteiger partial charge in [0.2, 0.25) is 0 Å². The van der Waals surface area contributed by atoms with Crippen LogP contribution in [0.5, 0.6) is 0 Å². The number of ketones is 1. The van der Waals surface area contributed by atoms with E-state index in [0.717, 1.165) is 24.8 Å². The molecule has 4 nitrogen and oxygen atoms in total. The summed E-state index contributed by atoms with van der Waals surface area (Å²) in [6.07, 6.45) is 4.08. The topological polar surface area (TPSA) is 62.8 Å². The molecule has 0 bridgehead atoms. The summed E-state index contributed by atoms with van der Waals surface area (Å²) in [5.41, 5.74) is 2.25. The second kappa shape index (κ2) is 6.44. The molecular formula is C18H19FN2O2. The van der Waals surface area contributed by atoms with Gasteiger partial charge in [0, 0.05) is 17.4 Å². The first-order valence-corrected chi connectivity index (χ1v) is 7.91. The molecule has 1 heterocycles. The maximum atomic E-state index is 14.4. The second-order valence-electron chi connectivity index (χ2n) is 6.17. The second-order valence-corrected chi connectivity index (χ2v) is 6.17. The smallest absolute Gasteiger partial charge is 0.169 e. The summed E-state index contributed by atoms with van der Waals surface area (Å²) in [5, 5.41) is 6.85. The van der Waals surface area contributed by atoms with Crippen LogP contribution in [-0.4, -0.2) is 22.3 Å². The molecule has 0 radical (unpaired) electrons. The van der Waals surface area contributed by atoms with E-state index < -0.39 is 11.7 Å². The Labute approximate surface area is 134 Å². The molecule has 0 saturated heterocycles. The Morgan fingerprint density at radius 2 is 2.09 bits per heavy atom. The van der Waals surface area contributed by atoms with Crippen LogP contribution < -0.4 is 0 Å². The Balaban J connectivity index is 1.88. The Morgan fingerprint density at radius 3 is 2.74 bits per heavy atom. The number of rotatable bonds is 4. The number of nitrogens with one attached hydrogen (secondary N) is 1. The van der Waals surface area contributed by atoms with E-state index >= 15 is 0 Å². The number of aryl methyl sites for hydroxylation is 1. The van der Waals surface area contributed by atoms with Crippen LogP contribution >= 0.6 is 0 Å². The lowest BCUT2D eigenvalue weighted by Crippen LogP contribution is -2.28. The highest BCUT2D eigenvalue weighted by atomic mass is 19.1. The number of nitrogens with zero attached hydrogens (tertiary/aromatic N) is 1. The predicted molar refractivity (Wildman–Crippen MR) is 84.6 cm³/mol. The minimum atomic E-state index is -0.546. The van der Waals surface area contributed by atoms with Crippen LogP contribution in [0.1, 0.15) is 41.7 Å². The van der Waals surface area contributed by atoms with Gasteiger partial charge < -0.3 is 4.79 Å². The molecule has 120 valence electrons. The fourth-order valence-corrected chi connectivity index (χ4v) is 3.30. The first-order chi connectivity index (χ1) is 11.1. The van der Waals surface area contributed by atoms with E-state index in [-0.39, 0.29) is 17.3 Å². The SMILES string of the molecule is Cc1cc(-c2ccc(C(=O)C3CCCCC3C=O)c(F)c2)[nH]n1. The fourth-order valence-electron chi connectivity index (χ4n) is 3.30. The van der Waals surface area contributed by atoms with Gasteiger partial charge in [0.1, 0.15) is 12.1 Å². The first-order valence-electron chi connectivity index (χ1n) is 7.91. The van der Waals surface area contributed by atoms with Crippen LogP contribution in [0.25, 0.3) is 11.3 Å². The van der Waals surface area contributed by atoms with E-state index in [1.165, 1.54) is 12.1 Å². The van der Waals surface area contributed by atoms with Crippen LogP contribution in [0, 0.1) is 24.6 Å². The molecule has 2 unspecified atom stereocenters. The Hall–Kier alpha value is -2.30. The van der Waals surface area contributed by atoms with Crippen LogP contribution in [0.2, 0.25) is 0 Å². The van der Waals surface area contributed by atoms with Crippen molar-refractivity contribution in [2.75, 3.05) is 0 Å². The molecular weight excluding hydrogens is 295 g/mol. The summed E-state index contributed by atoms with van der Waals surface area (Å²) in [6.45, 7) is 1.84. The number of aldehydes is 1. The van der Waals surface area contributed by atoms with Gasteiger partial charge in [-0.3, -0.25) is 9.89 Å². The molecule has 1 aliphatic carbocycles. The minimum Gasteiger partial charge on any atom is -0.303 e. The lowest BCUT2D eigenvalue weighted by atomic mass is 9.76. The van der Waals surface area contributed by atoms with Gasteiger partial charge >= 0.3 is 0 Å². The van der Waals surface area contributed by atoms with Crippen LogP contribution in [0.15, 0.2) is 24.3 Å². The van der Waals surface area contributed by atoms with E-state index in [4.69, 9.17) is 0 Å². The molecule has 0 aliphatic heterocycles. The lowest BCUT2D eigenvalue weighted by molar-refractivity contribution is -0.112. The van der Waals surface area contributed by atoms with Gasteiger partial charge in [-0.05, 0) is 38.0 Å². The van der Waals surface area contributed by atoms with Crippen molar-refractivity contribution < 1.29 is 14.0 Å². The number of hydrogen-bond donors (Lipinski definition) is 1. The molecule has 2 atom stereocenters. The van der Waals surface area contributed by atoms with Gasteiger partial charge in [0.25, 0.3) is 0 Å². The van der Waals surface area contributed by atoms with Crippen molar-refractivity contribution in [3.63, 3.8) is 0 Å². The maximum absolute atomic E-state index is 14.4. The minimum absolute atomic E-state index is 0.0729. The molecule has 23 heavy (non-hydrogen) atoms. The maximum Gasteiger partial charge on any atom is 0.169 e. The molecule has 1 fully saturated rings. The van der Waals surface area contributed by atoms with Crippen LogP contribution in [0.4, 0.5) is 4.39 Å². The predicted octanol–water partition coefficient (Wildman–Crippen LogP) is 3.71. The molecule has 5 heteroatoms. The third-order valence-corrected chi connectivity index (χ3v) is 4.58. The number of aromatic amines is 1. The Kier molecular flexibility index (Phi) is 4.37. The zero-order valence-electron chi connectivity index (χ0n) is 13.0. The Morgan fingerprint density at radius 1 is 1.30 bits per heavy atom. The molecule has 0 spiro atoms. The van der Waals surface area contributed by atoms with Crippen molar-refractivity contribution in [1.29, 1.82) is 0 Å². The van der Waals surface area contributed by atoms with Crippen LogP contribution in [-0.2, 0) is 4.79 Å². The molecule has 1 aliphatic rings. The third kappa shape index (κ3) is 3.09. The van der Waals surface area contributed by atoms with E-state index in [0.29, 0.717) is 24.1 Å². The molecule has 1 N–H and O–H groups in total. The van der Waals surface area contributed by atoms with Gasteiger partial charge in [-0.25, -0.2) is 4.39 Å². The molecule has 1 aromatic carbocycles. The highest BCUT2D eigenvalue weighted by molar-refractivity contribution is 5.99. The summed E-state index contributed by atoms with van der Waals surface area (Å²) in [7, 11) is 0. The van der Waals surface area contributed by atoms with Crippen LogP contribution in [0.3, 0.4) is 0 Å². The summed E-state index contributed by atoms with van der Waals surface area (Å²) in [5.74, 6) is -1.48. The normalized spacial score (nSPS) is 21.1. The number of hydrogen-bond acceptors (Lipinski definition) is 3. The summed E-state index contributed by atoms with van der Waals surface area (Å²) in [4.78, 5) is 23.8. The molecule has 3 rings (SSSR count). The van der Waals surface area contributed by atoms with E-state index in [1.54, 1.807) is 6.07 Å². The van der Waals surface area contributed by atoms with Crippen molar-refractivity contribution >= 4 is 12.1 Å². The average molecular weight is 314 g/mol. The summed E-state index contributed by atoms with van der Waals surface area (Å²) >= 11 is 0.